The fourth-order valence-electron chi connectivity index (χ4n) is 2.64. The zero-order valence-corrected chi connectivity index (χ0v) is 16.4. The quantitative estimate of drug-likeness (QED) is 0.675. The number of para-hydroxylation sites is 1. The Morgan fingerprint density at radius 1 is 1.19 bits per heavy atom. The van der Waals surface area contributed by atoms with Gasteiger partial charge in [-0.15, -0.1) is 0 Å². The first kappa shape index (κ1) is 19.4. The van der Waals surface area contributed by atoms with E-state index in [0.29, 0.717) is 5.13 Å². The fraction of sp³-hybridized carbons (Fsp3) is 0.222. The van der Waals surface area contributed by atoms with Crippen LogP contribution in [-0.2, 0) is 10.0 Å². The van der Waals surface area contributed by atoms with Crippen molar-refractivity contribution in [1.29, 1.82) is 0 Å². The second kappa shape index (κ2) is 7.71. The van der Waals surface area contributed by atoms with Gasteiger partial charge in [0.05, 0.1) is 10.2 Å². The third kappa shape index (κ3) is 3.85. The molecule has 1 N–H and O–H groups in total. The largest absolute Gasteiger partial charge is 0.298 e. The van der Waals surface area contributed by atoms with Crippen molar-refractivity contribution in [1.82, 2.24) is 9.29 Å². The molecule has 0 saturated heterocycles. The van der Waals surface area contributed by atoms with Crippen LogP contribution >= 0.6 is 11.3 Å². The first-order valence-electron chi connectivity index (χ1n) is 8.33. The van der Waals surface area contributed by atoms with Gasteiger partial charge in [-0.2, -0.15) is 4.31 Å². The number of rotatable bonds is 6. The summed E-state index contributed by atoms with van der Waals surface area (Å²) in [4.78, 5) is 16.3. The average Bonchev–Trinajstić information content (AvgIpc) is 3.04. The minimum Gasteiger partial charge on any atom is -0.298 e. The van der Waals surface area contributed by atoms with Crippen LogP contribution < -0.4 is 5.32 Å². The molecule has 0 fully saturated rings. The highest BCUT2D eigenvalue weighted by Crippen LogP contribution is 2.26. The van der Waals surface area contributed by atoms with Gasteiger partial charge in [0.15, 0.2) is 5.13 Å². The lowest BCUT2D eigenvalue weighted by molar-refractivity contribution is 0.102. The molecule has 0 radical (unpaired) electrons. The predicted molar refractivity (Wildman–Crippen MR) is 104 cm³/mol. The molecule has 6 nitrogen and oxygen atoms in total. The van der Waals surface area contributed by atoms with E-state index < -0.39 is 26.6 Å². The van der Waals surface area contributed by atoms with Crippen LogP contribution in [0.1, 0.15) is 24.2 Å². The summed E-state index contributed by atoms with van der Waals surface area (Å²) in [7, 11) is -4.02. The maximum Gasteiger partial charge on any atom is 0.257 e. The summed E-state index contributed by atoms with van der Waals surface area (Å²) in [5.74, 6) is -1.44. The van der Waals surface area contributed by atoms with Crippen LogP contribution in [0.3, 0.4) is 0 Å². The molecule has 1 aromatic heterocycles. The number of aromatic nitrogens is 1. The van der Waals surface area contributed by atoms with E-state index in [-0.39, 0.29) is 18.7 Å². The highest BCUT2D eigenvalue weighted by atomic mass is 32.2. The summed E-state index contributed by atoms with van der Waals surface area (Å²) in [6.07, 6.45) is 0. The lowest BCUT2D eigenvalue weighted by Crippen LogP contribution is -2.31. The van der Waals surface area contributed by atoms with Crippen LogP contribution in [0.25, 0.3) is 10.2 Å². The number of sulfonamides is 1. The van der Waals surface area contributed by atoms with Crippen molar-refractivity contribution in [2.45, 2.75) is 18.7 Å². The topological polar surface area (TPSA) is 79.4 Å². The Balaban J connectivity index is 1.91. The highest BCUT2D eigenvalue weighted by molar-refractivity contribution is 7.89. The third-order valence-corrected chi connectivity index (χ3v) is 7.05. The first-order valence-corrected chi connectivity index (χ1v) is 10.6. The number of nitrogens with zero attached hydrogens (tertiary/aromatic N) is 2. The Bertz CT molecular complexity index is 1060. The van der Waals surface area contributed by atoms with E-state index in [9.17, 15) is 17.6 Å². The molecule has 0 aliphatic heterocycles. The molecule has 0 saturated carbocycles. The minimum atomic E-state index is -4.02. The van der Waals surface area contributed by atoms with E-state index in [1.165, 1.54) is 17.4 Å². The Morgan fingerprint density at radius 2 is 1.89 bits per heavy atom. The number of halogens is 1. The van der Waals surface area contributed by atoms with E-state index in [0.717, 1.165) is 26.7 Å². The zero-order valence-electron chi connectivity index (χ0n) is 14.8. The number of carbonyl (C=O) groups is 1. The molecule has 0 unspecified atom stereocenters. The molecule has 142 valence electrons. The molecule has 0 aliphatic carbocycles. The molecule has 27 heavy (non-hydrogen) atoms. The monoisotopic (exact) mass is 407 g/mol. The number of amides is 1. The van der Waals surface area contributed by atoms with E-state index in [4.69, 9.17) is 0 Å². The molecule has 0 bridgehead atoms. The zero-order chi connectivity index (χ0) is 19.6. The number of hydrogen-bond donors (Lipinski definition) is 1. The molecular formula is C18H18FN3O3S2. The molecule has 9 heteroatoms. The lowest BCUT2D eigenvalue weighted by atomic mass is 10.2. The van der Waals surface area contributed by atoms with Gasteiger partial charge in [0.2, 0.25) is 10.0 Å². The minimum absolute atomic E-state index is 0.0430. The summed E-state index contributed by atoms with van der Waals surface area (Å²) in [6.45, 7) is 3.76. The fourth-order valence-corrected chi connectivity index (χ4v) is 5.05. The van der Waals surface area contributed by atoms with Crippen LogP contribution in [0.2, 0.25) is 0 Å². The van der Waals surface area contributed by atoms with Crippen LogP contribution in [0, 0.1) is 5.82 Å². The summed E-state index contributed by atoms with van der Waals surface area (Å²) in [5.41, 5.74) is 0.795. The van der Waals surface area contributed by atoms with Crippen molar-refractivity contribution in [3.63, 3.8) is 0 Å². The van der Waals surface area contributed by atoms with Gasteiger partial charge in [-0.25, -0.2) is 17.8 Å². The maximum absolute atomic E-state index is 14.2. The van der Waals surface area contributed by atoms with Gasteiger partial charge >= 0.3 is 0 Å². The van der Waals surface area contributed by atoms with Gasteiger partial charge in [-0.3, -0.25) is 10.1 Å². The number of benzene rings is 2. The van der Waals surface area contributed by atoms with Crippen molar-refractivity contribution in [2.24, 2.45) is 0 Å². The van der Waals surface area contributed by atoms with Crippen molar-refractivity contribution in [3.05, 3.63) is 53.8 Å². The smallest absolute Gasteiger partial charge is 0.257 e. The molecule has 3 aromatic rings. The summed E-state index contributed by atoms with van der Waals surface area (Å²) in [5, 5.41) is 3.03. The Hall–Kier alpha value is -2.36. The van der Waals surface area contributed by atoms with Crippen molar-refractivity contribution < 1.29 is 17.6 Å². The van der Waals surface area contributed by atoms with E-state index in [2.05, 4.69) is 10.3 Å². The number of fused-ring (bicyclic) bond motifs is 1. The van der Waals surface area contributed by atoms with E-state index in [1.54, 1.807) is 13.8 Å². The van der Waals surface area contributed by atoms with Crippen LogP contribution in [-0.4, -0.2) is 36.7 Å². The average molecular weight is 407 g/mol. The number of hydrogen-bond acceptors (Lipinski definition) is 5. The van der Waals surface area contributed by atoms with Gasteiger partial charge in [-0.05, 0) is 30.3 Å². The summed E-state index contributed by atoms with van der Waals surface area (Å²) < 4.78 is 41.5. The Labute approximate surface area is 160 Å². The van der Waals surface area contributed by atoms with Crippen molar-refractivity contribution in [2.75, 3.05) is 18.4 Å². The first-order chi connectivity index (χ1) is 12.9. The summed E-state index contributed by atoms with van der Waals surface area (Å²) in [6, 6.07) is 10.7. The maximum atomic E-state index is 14.2. The van der Waals surface area contributed by atoms with Gasteiger partial charge in [0.1, 0.15) is 10.7 Å². The lowest BCUT2D eigenvalue weighted by Gasteiger charge is -2.19. The SMILES string of the molecule is CCN(CC)S(=O)(=O)c1cc(C(=O)Nc2nc3ccccc3s2)ccc1F. The number of nitrogens with one attached hydrogen (secondary N) is 1. The molecular weight excluding hydrogens is 389 g/mol. The number of thiazole rings is 1. The standard InChI is InChI=1S/C18H18FN3O3S2/c1-3-22(4-2)27(24,25)16-11-12(9-10-13(16)19)17(23)21-18-20-14-7-5-6-8-15(14)26-18/h5-11H,3-4H2,1-2H3,(H,20,21,23). The molecule has 2 aromatic carbocycles. The van der Waals surface area contributed by atoms with Gasteiger partial charge in [0, 0.05) is 18.7 Å². The molecule has 0 aliphatic rings. The third-order valence-electron chi connectivity index (χ3n) is 4.03. The molecule has 0 atom stereocenters. The molecule has 3 rings (SSSR count). The number of anilines is 1. The van der Waals surface area contributed by atoms with Gasteiger partial charge < -0.3 is 0 Å². The van der Waals surface area contributed by atoms with E-state index >= 15 is 0 Å². The highest BCUT2D eigenvalue weighted by Gasteiger charge is 2.26. The van der Waals surface area contributed by atoms with Crippen LogP contribution in [0.15, 0.2) is 47.4 Å². The van der Waals surface area contributed by atoms with Crippen LogP contribution in [0.4, 0.5) is 9.52 Å². The second-order valence-corrected chi connectivity index (χ2v) is 8.61. The molecule has 0 spiro atoms. The normalized spacial score (nSPS) is 11.9. The van der Waals surface area contributed by atoms with Crippen molar-refractivity contribution in [3.8, 4) is 0 Å². The second-order valence-electron chi connectivity index (χ2n) is 5.68. The predicted octanol–water partition coefficient (Wildman–Crippen LogP) is 3.72. The molecule has 1 heterocycles. The van der Waals surface area contributed by atoms with Crippen LogP contribution in [0.5, 0.6) is 0 Å². The van der Waals surface area contributed by atoms with Gasteiger partial charge in [0.25, 0.3) is 5.91 Å². The summed E-state index contributed by atoms with van der Waals surface area (Å²) >= 11 is 1.30. The molecule has 1 amide bonds. The Kier molecular flexibility index (Phi) is 5.54. The van der Waals surface area contributed by atoms with Gasteiger partial charge in [-0.1, -0.05) is 37.3 Å². The van der Waals surface area contributed by atoms with Crippen molar-refractivity contribution >= 4 is 42.6 Å². The van der Waals surface area contributed by atoms with E-state index in [1.807, 2.05) is 24.3 Å². The Morgan fingerprint density at radius 3 is 2.56 bits per heavy atom. The number of carbonyl (C=O) groups excluding carboxylic acids is 1.